The van der Waals surface area contributed by atoms with Crippen LogP contribution in [-0.4, -0.2) is 53.5 Å². The molecule has 1 saturated heterocycles. The van der Waals surface area contributed by atoms with Gasteiger partial charge in [0, 0.05) is 37.3 Å². The fourth-order valence-electron chi connectivity index (χ4n) is 3.77. The Labute approximate surface area is 178 Å². The first-order chi connectivity index (χ1) is 14.2. The number of hydrogen-bond donors (Lipinski definition) is 1. The van der Waals surface area contributed by atoms with Crippen LogP contribution in [0.15, 0.2) is 48.8 Å². The lowest BCUT2D eigenvalue weighted by atomic mass is 9.88. The number of carbonyl (C=O) groups excluding carboxylic acids is 2. The molecule has 0 spiro atoms. The van der Waals surface area contributed by atoms with Gasteiger partial charge in [0.25, 0.3) is 5.91 Å². The Balaban J connectivity index is 1.85. The number of nitrogens with zero attached hydrogens (tertiary/aromatic N) is 2. The number of morpholine rings is 1. The van der Waals surface area contributed by atoms with Crippen LogP contribution in [0.4, 0.5) is 0 Å². The number of hydrogen-bond acceptors (Lipinski definition) is 4. The molecule has 160 valence electrons. The molecule has 0 saturated carbocycles. The molecule has 1 aliphatic rings. The van der Waals surface area contributed by atoms with E-state index in [-0.39, 0.29) is 18.4 Å². The summed E-state index contributed by atoms with van der Waals surface area (Å²) in [6, 6.07) is 12.0. The predicted molar refractivity (Wildman–Crippen MR) is 117 cm³/mol. The number of amides is 2. The van der Waals surface area contributed by atoms with Gasteiger partial charge in [-0.15, -0.1) is 0 Å². The Morgan fingerprint density at radius 2 is 1.73 bits per heavy atom. The van der Waals surface area contributed by atoms with Crippen molar-refractivity contribution in [3.8, 4) is 11.1 Å². The summed E-state index contributed by atoms with van der Waals surface area (Å²) in [5.74, 6) is -0.137. The highest BCUT2D eigenvalue weighted by molar-refractivity contribution is 5.88. The smallest absolute Gasteiger partial charge is 0.254 e. The SMILES string of the molecule is CCNC(=O)[C@@]1(Cc2ccc(-c3ccncc3)cc2)CN(C(=O)C(C)(C)C)CCO1. The van der Waals surface area contributed by atoms with Gasteiger partial charge < -0.3 is 15.0 Å². The minimum atomic E-state index is -1.09. The molecule has 3 rings (SSSR count). The Bertz CT molecular complexity index is 875. The second-order valence-electron chi connectivity index (χ2n) is 8.79. The first-order valence-electron chi connectivity index (χ1n) is 10.5. The largest absolute Gasteiger partial charge is 0.361 e. The van der Waals surface area contributed by atoms with E-state index in [0.717, 1.165) is 16.7 Å². The highest BCUT2D eigenvalue weighted by Crippen LogP contribution is 2.28. The molecule has 1 aromatic heterocycles. The number of ether oxygens (including phenoxy) is 1. The van der Waals surface area contributed by atoms with Gasteiger partial charge in [-0.1, -0.05) is 45.0 Å². The fourth-order valence-corrected chi connectivity index (χ4v) is 3.77. The van der Waals surface area contributed by atoms with Crippen molar-refractivity contribution in [3.63, 3.8) is 0 Å². The average molecular weight is 410 g/mol. The second-order valence-corrected chi connectivity index (χ2v) is 8.79. The number of likely N-dealkylation sites (N-methyl/N-ethyl adjacent to an activating group) is 1. The molecule has 0 radical (unpaired) electrons. The van der Waals surface area contributed by atoms with E-state index in [1.54, 1.807) is 17.3 Å². The Kier molecular flexibility index (Phi) is 6.56. The topological polar surface area (TPSA) is 71.5 Å². The van der Waals surface area contributed by atoms with E-state index in [0.29, 0.717) is 26.1 Å². The molecule has 0 bridgehead atoms. The molecule has 0 aliphatic carbocycles. The van der Waals surface area contributed by atoms with Crippen LogP contribution in [0.2, 0.25) is 0 Å². The van der Waals surface area contributed by atoms with Gasteiger partial charge in [0.05, 0.1) is 13.2 Å². The van der Waals surface area contributed by atoms with E-state index in [1.165, 1.54) is 0 Å². The number of pyridine rings is 1. The van der Waals surface area contributed by atoms with Crippen molar-refractivity contribution in [3.05, 3.63) is 54.4 Å². The number of aromatic nitrogens is 1. The predicted octanol–water partition coefficient (Wildman–Crippen LogP) is 3.07. The Morgan fingerprint density at radius 1 is 1.10 bits per heavy atom. The standard InChI is InChI=1S/C24H31N3O3/c1-5-26-21(28)24(17-27(14-15-30-24)22(29)23(2,3)4)16-18-6-8-19(9-7-18)20-10-12-25-13-11-20/h6-13H,5,14-17H2,1-4H3,(H,26,28)/t24-/m1/s1. The van der Waals surface area contributed by atoms with Gasteiger partial charge >= 0.3 is 0 Å². The van der Waals surface area contributed by atoms with Crippen LogP contribution in [0.25, 0.3) is 11.1 Å². The van der Waals surface area contributed by atoms with Crippen molar-refractivity contribution in [2.24, 2.45) is 5.41 Å². The lowest BCUT2D eigenvalue weighted by Gasteiger charge is -2.43. The van der Waals surface area contributed by atoms with E-state index in [1.807, 2.05) is 64.1 Å². The van der Waals surface area contributed by atoms with Crippen molar-refractivity contribution in [2.45, 2.75) is 39.7 Å². The summed E-state index contributed by atoms with van der Waals surface area (Å²) in [5.41, 5.74) is 1.57. The summed E-state index contributed by atoms with van der Waals surface area (Å²) in [4.78, 5) is 31.8. The molecule has 2 amide bonds. The van der Waals surface area contributed by atoms with Crippen LogP contribution >= 0.6 is 0 Å². The molecule has 1 fully saturated rings. The van der Waals surface area contributed by atoms with E-state index < -0.39 is 11.0 Å². The van der Waals surface area contributed by atoms with Crippen LogP contribution in [0.3, 0.4) is 0 Å². The molecule has 2 aromatic rings. The third-order valence-electron chi connectivity index (χ3n) is 5.32. The zero-order chi connectivity index (χ0) is 21.8. The molecule has 6 heteroatoms. The highest BCUT2D eigenvalue weighted by Gasteiger charge is 2.46. The van der Waals surface area contributed by atoms with E-state index >= 15 is 0 Å². The highest BCUT2D eigenvalue weighted by atomic mass is 16.5. The zero-order valence-corrected chi connectivity index (χ0v) is 18.3. The lowest BCUT2D eigenvalue weighted by Crippen LogP contribution is -2.63. The third kappa shape index (κ3) is 4.87. The van der Waals surface area contributed by atoms with Gasteiger partial charge in [-0.05, 0) is 35.7 Å². The molecule has 0 unspecified atom stereocenters. The second kappa shape index (κ2) is 8.96. The van der Waals surface area contributed by atoms with Gasteiger partial charge in [0.2, 0.25) is 5.91 Å². The average Bonchev–Trinajstić information content (AvgIpc) is 2.74. The van der Waals surface area contributed by atoms with Crippen LogP contribution in [0.1, 0.15) is 33.3 Å². The molecule has 1 atom stereocenters. The third-order valence-corrected chi connectivity index (χ3v) is 5.32. The molecular weight excluding hydrogens is 378 g/mol. The summed E-state index contributed by atoms with van der Waals surface area (Å²) >= 11 is 0. The first kappa shape index (κ1) is 22.0. The van der Waals surface area contributed by atoms with Crippen LogP contribution in [0, 0.1) is 5.41 Å². The van der Waals surface area contributed by atoms with E-state index in [9.17, 15) is 9.59 Å². The monoisotopic (exact) mass is 409 g/mol. The van der Waals surface area contributed by atoms with Crippen LogP contribution < -0.4 is 5.32 Å². The quantitative estimate of drug-likeness (QED) is 0.824. The lowest BCUT2D eigenvalue weighted by molar-refractivity contribution is -0.169. The van der Waals surface area contributed by atoms with Crippen LogP contribution in [0.5, 0.6) is 0 Å². The molecule has 1 aromatic carbocycles. The van der Waals surface area contributed by atoms with Gasteiger partial charge in [-0.3, -0.25) is 14.6 Å². The van der Waals surface area contributed by atoms with Crippen molar-refractivity contribution in [1.29, 1.82) is 0 Å². The maximum Gasteiger partial charge on any atom is 0.254 e. The summed E-state index contributed by atoms with van der Waals surface area (Å²) < 4.78 is 6.08. The van der Waals surface area contributed by atoms with Crippen molar-refractivity contribution in [1.82, 2.24) is 15.2 Å². The maximum absolute atomic E-state index is 13.0. The maximum atomic E-state index is 13.0. The summed E-state index contributed by atoms with van der Waals surface area (Å²) in [5, 5.41) is 2.90. The minimum Gasteiger partial charge on any atom is -0.361 e. The van der Waals surface area contributed by atoms with Gasteiger partial charge in [0.15, 0.2) is 5.60 Å². The van der Waals surface area contributed by atoms with Gasteiger partial charge in [0.1, 0.15) is 0 Å². The van der Waals surface area contributed by atoms with Crippen molar-refractivity contribution in [2.75, 3.05) is 26.2 Å². The zero-order valence-electron chi connectivity index (χ0n) is 18.3. The molecular formula is C24H31N3O3. The number of carbonyl (C=O) groups is 2. The van der Waals surface area contributed by atoms with Crippen molar-refractivity contribution < 1.29 is 14.3 Å². The van der Waals surface area contributed by atoms with Gasteiger partial charge in [-0.25, -0.2) is 0 Å². The molecule has 1 aliphatic heterocycles. The van der Waals surface area contributed by atoms with E-state index in [2.05, 4.69) is 10.3 Å². The Hall–Kier alpha value is -2.73. The molecule has 30 heavy (non-hydrogen) atoms. The molecule has 1 N–H and O–H groups in total. The normalized spacial score (nSPS) is 19.4. The first-order valence-corrected chi connectivity index (χ1v) is 10.5. The van der Waals surface area contributed by atoms with Crippen LogP contribution in [-0.2, 0) is 20.7 Å². The van der Waals surface area contributed by atoms with Gasteiger partial charge in [-0.2, -0.15) is 0 Å². The van der Waals surface area contributed by atoms with Crippen molar-refractivity contribution >= 4 is 11.8 Å². The summed E-state index contributed by atoms with van der Waals surface area (Å²) in [6.07, 6.45) is 3.94. The summed E-state index contributed by atoms with van der Waals surface area (Å²) in [7, 11) is 0. The summed E-state index contributed by atoms with van der Waals surface area (Å²) in [6.45, 7) is 9.19. The molecule has 6 nitrogen and oxygen atoms in total. The number of nitrogens with one attached hydrogen (secondary N) is 1. The minimum absolute atomic E-state index is 0.0347. The Morgan fingerprint density at radius 3 is 2.33 bits per heavy atom. The fraction of sp³-hybridized carbons (Fsp3) is 0.458. The molecule has 2 heterocycles. The number of benzene rings is 1. The number of rotatable bonds is 5. The van der Waals surface area contributed by atoms with E-state index in [4.69, 9.17) is 4.74 Å².